The molecular formula is C15H14F2N2O3S2. The van der Waals surface area contributed by atoms with Gasteiger partial charge >= 0.3 is 5.97 Å². The number of aromatic nitrogens is 1. The summed E-state index contributed by atoms with van der Waals surface area (Å²) < 4.78 is 30.7. The van der Waals surface area contributed by atoms with E-state index in [0.29, 0.717) is 22.3 Å². The highest BCUT2D eigenvalue weighted by Gasteiger charge is 2.11. The van der Waals surface area contributed by atoms with Gasteiger partial charge in [-0.05, 0) is 25.1 Å². The Balaban J connectivity index is 1.83. The number of nitrogens with one attached hydrogen (secondary N) is 1. The van der Waals surface area contributed by atoms with Gasteiger partial charge in [0, 0.05) is 10.3 Å². The zero-order valence-corrected chi connectivity index (χ0v) is 14.3. The number of carbonyl (C=O) groups excluding carboxylic acids is 2. The van der Waals surface area contributed by atoms with Gasteiger partial charge in [-0.1, -0.05) is 0 Å². The first-order valence-corrected chi connectivity index (χ1v) is 8.82. The van der Waals surface area contributed by atoms with Gasteiger partial charge in [0.2, 0.25) is 5.91 Å². The van der Waals surface area contributed by atoms with Gasteiger partial charge in [0.15, 0.2) is 16.8 Å². The lowest BCUT2D eigenvalue weighted by atomic mass is 10.3. The van der Waals surface area contributed by atoms with E-state index < -0.39 is 11.6 Å². The van der Waals surface area contributed by atoms with Crippen molar-refractivity contribution in [2.75, 3.05) is 17.7 Å². The minimum atomic E-state index is -0.955. The van der Waals surface area contributed by atoms with E-state index in [1.807, 2.05) is 0 Å². The molecule has 0 fully saturated rings. The molecule has 1 aromatic carbocycles. The molecule has 0 aliphatic heterocycles. The van der Waals surface area contributed by atoms with Crippen molar-refractivity contribution in [3.8, 4) is 0 Å². The van der Waals surface area contributed by atoms with E-state index in [1.165, 1.54) is 17.4 Å². The maximum absolute atomic E-state index is 13.1. The van der Waals surface area contributed by atoms with Gasteiger partial charge in [0.25, 0.3) is 0 Å². The first-order valence-electron chi connectivity index (χ1n) is 6.95. The lowest BCUT2D eigenvalue weighted by molar-refractivity contribution is -0.142. The number of carbonyl (C=O) groups is 2. The molecule has 1 amide bonds. The van der Waals surface area contributed by atoms with Crippen molar-refractivity contribution in [3.05, 3.63) is 40.9 Å². The van der Waals surface area contributed by atoms with E-state index in [-0.39, 0.29) is 24.1 Å². The molecule has 1 N–H and O–H groups in total. The molecule has 1 heterocycles. The van der Waals surface area contributed by atoms with Crippen molar-refractivity contribution in [1.29, 1.82) is 0 Å². The van der Waals surface area contributed by atoms with Crippen LogP contribution in [-0.4, -0.2) is 29.2 Å². The summed E-state index contributed by atoms with van der Waals surface area (Å²) in [6.07, 6.45) is 0.0455. The summed E-state index contributed by atoms with van der Waals surface area (Å²) in [5.74, 6) is -2.57. The third-order valence-electron chi connectivity index (χ3n) is 2.69. The number of hydrogen-bond acceptors (Lipinski definition) is 6. The van der Waals surface area contributed by atoms with Crippen LogP contribution in [0, 0.1) is 11.6 Å². The fraction of sp³-hybridized carbons (Fsp3) is 0.267. The number of halogens is 2. The Morgan fingerprint density at radius 2 is 2.12 bits per heavy atom. The summed E-state index contributed by atoms with van der Waals surface area (Å²) in [6, 6.07) is 3.45. The second kappa shape index (κ2) is 8.74. The molecule has 2 rings (SSSR count). The second-order valence-electron chi connectivity index (χ2n) is 4.54. The predicted octanol–water partition coefficient (Wildman–Crippen LogP) is 3.26. The number of amides is 1. The molecule has 0 aliphatic carbocycles. The highest BCUT2D eigenvalue weighted by Crippen LogP contribution is 2.21. The van der Waals surface area contributed by atoms with Crippen LogP contribution in [0.1, 0.15) is 12.6 Å². The molecule has 128 valence electrons. The summed E-state index contributed by atoms with van der Waals surface area (Å²) in [7, 11) is 0. The predicted molar refractivity (Wildman–Crippen MR) is 88.2 cm³/mol. The van der Waals surface area contributed by atoms with Gasteiger partial charge in [-0.3, -0.25) is 9.59 Å². The smallest absolute Gasteiger partial charge is 0.311 e. The van der Waals surface area contributed by atoms with Crippen LogP contribution in [0.5, 0.6) is 0 Å². The Labute approximate surface area is 145 Å². The van der Waals surface area contributed by atoms with Crippen LogP contribution in [0.15, 0.2) is 28.5 Å². The zero-order chi connectivity index (χ0) is 17.5. The SMILES string of the molecule is CCOC(=O)Cc1csc(NC(=O)CSc2ccc(F)c(F)c2)n1. The van der Waals surface area contributed by atoms with E-state index in [0.717, 1.165) is 23.9 Å². The summed E-state index contributed by atoms with van der Waals surface area (Å²) in [5, 5.41) is 4.62. The number of rotatable bonds is 7. The molecule has 0 unspecified atom stereocenters. The minimum Gasteiger partial charge on any atom is -0.466 e. The molecule has 9 heteroatoms. The summed E-state index contributed by atoms with van der Waals surface area (Å²) in [4.78, 5) is 27.8. The van der Waals surface area contributed by atoms with Crippen LogP contribution in [0.3, 0.4) is 0 Å². The van der Waals surface area contributed by atoms with Crippen LogP contribution >= 0.6 is 23.1 Å². The molecule has 0 spiro atoms. The van der Waals surface area contributed by atoms with Crippen LogP contribution in [0.2, 0.25) is 0 Å². The molecular weight excluding hydrogens is 358 g/mol. The van der Waals surface area contributed by atoms with Crippen molar-refractivity contribution >= 4 is 40.1 Å². The van der Waals surface area contributed by atoms with Gasteiger partial charge < -0.3 is 10.1 Å². The summed E-state index contributed by atoms with van der Waals surface area (Å²) >= 11 is 2.27. The van der Waals surface area contributed by atoms with E-state index >= 15 is 0 Å². The largest absolute Gasteiger partial charge is 0.466 e. The Morgan fingerprint density at radius 3 is 2.83 bits per heavy atom. The first kappa shape index (κ1) is 18.3. The summed E-state index contributed by atoms with van der Waals surface area (Å²) in [5.41, 5.74) is 0.516. The second-order valence-corrected chi connectivity index (χ2v) is 6.45. The van der Waals surface area contributed by atoms with Crippen molar-refractivity contribution in [2.24, 2.45) is 0 Å². The zero-order valence-electron chi connectivity index (χ0n) is 12.7. The highest BCUT2D eigenvalue weighted by molar-refractivity contribution is 8.00. The number of anilines is 1. The third-order valence-corrected chi connectivity index (χ3v) is 4.49. The molecule has 0 radical (unpaired) electrons. The normalized spacial score (nSPS) is 10.5. The van der Waals surface area contributed by atoms with Gasteiger partial charge in [-0.25, -0.2) is 13.8 Å². The van der Waals surface area contributed by atoms with E-state index in [4.69, 9.17) is 4.74 Å². The molecule has 0 saturated heterocycles. The first-order chi connectivity index (χ1) is 11.5. The molecule has 0 bridgehead atoms. The fourth-order valence-corrected chi connectivity index (χ4v) is 3.12. The molecule has 5 nitrogen and oxygen atoms in total. The number of esters is 1. The Morgan fingerprint density at radius 1 is 1.33 bits per heavy atom. The number of benzene rings is 1. The van der Waals surface area contributed by atoms with Gasteiger partial charge in [-0.2, -0.15) is 0 Å². The topological polar surface area (TPSA) is 68.3 Å². The van der Waals surface area contributed by atoms with Crippen LogP contribution in [0.25, 0.3) is 0 Å². The number of thiazole rings is 1. The van der Waals surface area contributed by atoms with E-state index in [2.05, 4.69) is 10.3 Å². The van der Waals surface area contributed by atoms with E-state index in [9.17, 15) is 18.4 Å². The van der Waals surface area contributed by atoms with Gasteiger partial charge in [0.1, 0.15) is 0 Å². The van der Waals surface area contributed by atoms with Gasteiger partial charge in [-0.15, -0.1) is 23.1 Å². The number of hydrogen-bond donors (Lipinski definition) is 1. The van der Waals surface area contributed by atoms with Crippen LogP contribution in [0.4, 0.5) is 13.9 Å². The van der Waals surface area contributed by atoms with Crippen molar-refractivity contribution in [1.82, 2.24) is 4.98 Å². The molecule has 2 aromatic rings. The van der Waals surface area contributed by atoms with Crippen molar-refractivity contribution < 1.29 is 23.1 Å². The van der Waals surface area contributed by atoms with Gasteiger partial charge in [0.05, 0.1) is 24.5 Å². The average Bonchev–Trinajstić information content (AvgIpc) is 2.95. The molecule has 1 aromatic heterocycles. The minimum absolute atomic E-state index is 0.0257. The maximum Gasteiger partial charge on any atom is 0.311 e. The number of ether oxygens (including phenoxy) is 1. The number of nitrogens with zero attached hydrogens (tertiary/aromatic N) is 1. The lowest BCUT2D eigenvalue weighted by Crippen LogP contribution is -2.14. The highest BCUT2D eigenvalue weighted by atomic mass is 32.2. The molecule has 0 atom stereocenters. The van der Waals surface area contributed by atoms with Crippen LogP contribution < -0.4 is 5.32 Å². The Hall–Kier alpha value is -2.00. The standard InChI is InChI=1S/C15H14F2N2O3S2/c1-2-22-14(21)5-9-7-24-15(18-9)19-13(20)8-23-10-3-4-11(16)12(17)6-10/h3-4,6-7H,2,5,8H2,1H3,(H,18,19,20). The monoisotopic (exact) mass is 372 g/mol. The lowest BCUT2D eigenvalue weighted by Gasteiger charge is -2.03. The molecule has 0 saturated carbocycles. The van der Waals surface area contributed by atoms with E-state index in [1.54, 1.807) is 12.3 Å². The third kappa shape index (κ3) is 5.57. The van der Waals surface area contributed by atoms with Crippen molar-refractivity contribution in [2.45, 2.75) is 18.2 Å². The summed E-state index contributed by atoms with van der Waals surface area (Å²) in [6.45, 7) is 2.02. The fourth-order valence-electron chi connectivity index (χ4n) is 1.68. The average molecular weight is 372 g/mol. The molecule has 24 heavy (non-hydrogen) atoms. The van der Waals surface area contributed by atoms with Crippen LogP contribution in [-0.2, 0) is 20.7 Å². The van der Waals surface area contributed by atoms with Crippen molar-refractivity contribution in [3.63, 3.8) is 0 Å². The quantitative estimate of drug-likeness (QED) is 0.597. The Kier molecular flexibility index (Phi) is 6.68. The number of thioether (sulfide) groups is 1. The maximum atomic E-state index is 13.1. The Bertz CT molecular complexity index is 737. The molecule has 0 aliphatic rings.